The van der Waals surface area contributed by atoms with E-state index in [2.05, 4.69) is 19.2 Å². The number of hydrogen-bond donors (Lipinski definition) is 1. The van der Waals surface area contributed by atoms with Crippen LogP contribution in [0.25, 0.3) is 0 Å². The van der Waals surface area contributed by atoms with Crippen LogP contribution < -0.4 is 5.32 Å². The van der Waals surface area contributed by atoms with E-state index in [1.165, 1.54) is 0 Å². The highest BCUT2D eigenvalue weighted by molar-refractivity contribution is 6.35. The lowest BCUT2D eigenvalue weighted by molar-refractivity contribution is 0.690. The van der Waals surface area contributed by atoms with Crippen LogP contribution in [-0.4, -0.2) is 6.04 Å². The molecular weight excluding hydrogens is 217 g/mol. The summed E-state index contributed by atoms with van der Waals surface area (Å²) in [6.45, 7) is 4.30. The third-order valence-electron chi connectivity index (χ3n) is 2.05. The lowest BCUT2D eigenvalue weighted by atomic mass is 10.2. The molecule has 1 N–H and O–H groups in total. The molecule has 0 amide bonds. The topological polar surface area (TPSA) is 12.0 Å². The molecule has 0 radical (unpaired) electrons. The summed E-state index contributed by atoms with van der Waals surface area (Å²) in [7, 11) is 0. The van der Waals surface area contributed by atoms with Crippen LogP contribution in [0.4, 0.5) is 5.69 Å². The summed E-state index contributed by atoms with van der Waals surface area (Å²) in [6.07, 6.45) is 2.29. The Morgan fingerprint density at radius 3 is 2.71 bits per heavy atom. The average Bonchev–Trinajstić information content (AvgIpc) is 2.12. The first-order valence-corrected chi connectivity index (χ1v) is 5.60. The highest BCUT2D eigenvalue weighted by atomic mass is 35.5. The van der Waals surface area contributed by atoms with Crippen molar-refractivity contribution >= 4 is 28.9 Å². The Bertz CT molecular complexity index is 299. The van der Waals surface area contributed by atoms with Crippen molar-refractivity contribution in [2.24, 2.45) is 0 Å². The average molecular weight is 232 g/mol. The first kappa shape index (κ1) is 11.7. The predicted octanol–water partition coefficient (Wildman–Crippen LogP) is 4.59. The van der Waals surface area contributed by atoms with Gasteiger partial charge in [-0.15, -0.1) is 0 Å². The molecule has 1 atom stereocenters. The van der Waals surface area contributed by atoms with E-state index in [1.807, 2.05) is 12.1 Å². The van der Waals surface area contributed by atoms with Crippen LogP contribution in [0.1, 0.15) is 26.7 Å². The standard InChI is InChI=1S/C11H15Cl2N/c1-3-4-8(2)14-11-7-9(12)5-6-10(11)13/h5-8,14H,3-4H2,1-2H3. The van der Waals surface area contributed by atoms with Crippen LogP contribution in [0.3, 0.4) is 0 Å². The summed E-state index contributed by atoms with van der Waals surface area (Å²) in [4.78, 5) is 0. The first-order chi connectivity index (χ1) is 6.63. The molecule has 1 unspecified atom stereocenters. The summed E-state index contributed by atoms with van der Waals surface area (Å²) < 4.78 is 0. The van der Waals surface area contributed by atoms with Gasteiger partial charge in [-0.3, -0.25) is 0 Å². The van der Waals surface area contributed by atoms with Crippen LogP contribution >= 0.6 is 23.2 Å². The zero-order valence-corrected chi connectivity index (χ0v) is 9.99. The van der Waals surface area contributed by atoms with Gasteiger partial charge in [0, 0.05) is 11.1 Å². The minimum absolute atomic E-state index is 0.427. The lowest BCUT2D eigenvalue weighted by Crippen LogP contribution is -2.14. The molecule has 0 spiro atoms. The fourth-order valence-corrected chi connectivity index (χ4v) is 1.72. The van der Waals surface area contributed by atoms with Crippen molar-refractivity contribution < 1.29 is 0 Å². The van der Waals surface area contributed by atoms with Crippen molar-refractivity contribution in [3.63, 3.8) is 0 Å². The summed E-state index contributed by atoms with van der Waals surface area (Å²) in [5.74, 6) is 0. The molecule has 0 saturated heterocycles. The second kappa shape index (κ2) is 5.47. The number of rotatable bonds is 4. The first-order valence-electron chi connectivity index (χ1n) is 4.85. The van der Waals surface area contributed by atoms with Gasteiger partial charge in [0.2, 0.25) is 0 Å². The van der Waals surface area contributed by atoms with E-state index >= 15 is 0 Å². The maximum atomic E-state index is 6.02. The molecule has 1 aromatic carbocycles. The normalized spacial score (nSPS) is 12.6. The summed E-state index contributed by atoms with van der Waals surface area (Å²) >= 11 is 11.9. The Balaban J connectivity index is 2.70. The van der Waals surface area contributed by atoms with E-state index < -0.39 is 0 Å². The molecule has 78 valence electrons. The molecule has 0 heterocycles. The fraction of sp³-hybridized carbons (Fsp3) is 0.455. The molecule has 1 nitrogen and oxygen atoms in total. The summed E-state index contributed by atoms with van der Waals surface area (Å²) in [5.41, 5.74) is 0.917. The molecule has 14 heavy (non-hydrogen) atoms. The van der Waals surface area contributed by atoms with E-state index in [1.54, 1.807) is 6.07 Å². The minimum Gasteiger partial charge on any atom is -0.381 e. The zero-order chi connectivity index (χ0) is 10.6. The summed E-state index contributed by atoms with van der Waals surface area (Å²) in [6, 6.07) is 5.89. The molecule has 0 aromatic heterocycles. The van der Waals surface area contributed by atoms with Crippen molar-refractivity contribution in [1.29, 1.82) is 0 Å². The second-order valence-electron chi connectivity index (χ2n) is 3.46. The van der Waals surface area contributed by atoms with E-state index in [0.717, 1.165) is 23.6 Å². The Morgan fingerprint density at radius 1 is 1.36 bits per heavy atom. The van der Waals surface area contributed by atoms with Gasteiger partial charge in [-0.05, 0) is 31.5 Å². The van der Waals surface area contributed by atoms with Gasteiger partial charge >= 0.3 is 0 Å². The molecule has 3 heteroatoms. The van der Waals surface area contributed by atoms with Gasteiger partial charge in [-0.1, -0.05) is 36.5 Å². The molecule has 0 fully saturated rings. The van der Waals surface area contributed by atoms with E-state index in [9.17, 15) is 0 Å². The third kappa shape index (κ3) is 3.39. The van der Waals surface area contributed by atoms with Crippen molar-refractivity contribution in [1.82, 2.24) is 0 Å². The van der Waals surface area contributed by atoms with Crippen molar-refractivity contribution in [3.05, 3.63) is 28.2 Å². The quantitative estimate of drug-likeness (QED) is 0.800. The van der Waals surface area contributed by atoms with Gasteiger partial charge < -0.3 is 5.32 Å². The van der Waals surface area contributed by atoms with Crippen LogP contribution in [0.15, 0.2) is 18.2 Å². The number of anilines is 1. The van der Waals surface area contributed by atoms with E-state index in [4.69, 9.17) is 23.2 Å². The van der Waals surface area contributed by atoms with Gasteiger partial charge in [-0.2, -0.15) is 0 Å². The minimum atomic E-state index is 0.427. The van der Waals surface area contributed by atoms with Crippen LogP contribution in [0.5, 0.6) is 0 Å². The van der Waals surface area contributed by atoms with Crippen molar-refractivity contribution in [3.8, 4) is 0 Å². The fourth-order valence-electron chi connectivity index (χ4n) is 1.38. The van der Waals surface area contributed by atoms with E-state index in [-0.39, 0.29) is 0 Å². The number of halogens is 2. The van der Waals surface area contributed by atoms with E-state index in [0.29, 0.717) is 11.1 Å². The predicted molar refractivity (Wildman–Crippen MR) is 64.5 cm³/mol. The van der Waals surface area contributed by atoms with Gasteiger partial charge in [0.1, 0.15) is 0 Å². The molecule has 1 aromatic rings. The molecule has 0 aliphatic carbocycles. The highest BCUT2D eigenvalue weighted by Gasteiger charge is 2.04. The largest absolute Gasteiger partial charge is 0.381 e. The Labute approximate surface area is 95.4 Å². The Kier molecular flexibility index (Phi) is 4.56. The van der Waals surface area contributed by atoms with Crippen molar-refractivity contribution in [2.45, 2.75) is 32.7 Å². The maximum absolute atomic E-state index is 6.02. The monoisotopic (exact) mass is 231 g/mol. The highest BCUT2D eigenvalue weighted by Crippen LogP contribution is 2.26. The SMILES string of the molecule is CCCC(C)Nc1cc(Cl)ccc1Cl. The van der Waals surface area contributed by atoms with Gasteiger partial charge in [0.25, 0.3) is 0 Å². The van der Waals surface area contributed by atoms with Gasteiger partial charge in [0.15, 0.2) is 0 Å². The van der Waals surface area contributed by atoms with Crippen LogP contribution in [0.2, 0.25) is 10.0 Å². The number of hydrogen-bond acceptors (Lipinski definition) is 1. The molecule has 0 aliphatic rings. The lowest BCUT2D eigenvalue weighted by Gasteiger charge is -2.15. The molecule has 0 bridgehead atoms. The van der Waals surface area contributed by atoms with Gasteiger partial charge in [-0.25, -0.2) is 0 Å². The third-order valence-corrected chi connectivity index (χ3v) is 2.62. The van der Waals surface area contributed by atoms with Crippen LogP contribution in [-0.2, 0) is 0 Å². The zero-order valence-electron chi connectivity index (χ0n) is 8.48. The van der Waals surface area contributed by atoms with Crippen molar-refractivity contribution in [2.75, 3.05) is 5.32 Å². The Morgan fingerprint density at radius 2 is 2.07 bits per heavy atom. The molecule has 0 saturated carbocycles. The van der Waals surface area contributed by atoms with Crippen LogP contribution in [0, 0.1) is 0 Å². The number of nitrogens with one attached hydrogen (secondary N) is 1. The Hall–Kier alpha value is -0.400. The summed E-state index contributed by atoms with van der Waals surface area (Å²) in [5, 5.41) is 4.76. The smallest absolute Gasteiger partial charge is 0.0638 e. The molecule has 0 aliphatic heterocycles. The second-order valence-corrected chi connectivity index (χ2v) is 4.30. The number of benzene rings is 1. The molecule has 1 rings (SSSR count). The molecular formula is C11H15Cl2N. The van der Waals surface area contributed by atoms with Gasteiger partial charge in [0.05, 0.1) is 10.7 Å². The maximum Gasteiger partial charge on any atom is 0.0638 e.